The second kappa shape index (κ2) is 11.5. The van der Waals surface area contributed by atoms with Crippen LogP contribution in [0, 0.1) is 0 Å². The van der Waals surface area contributed by atoms with Gasteiger partial charge in [0.15, 0.2) is 11.5 Å². The molecule has 0 unspecified atom stereocenters. The van der Waals surface area contributed by atoms with E-state index in [-0.39, 0.29) is 29.6 Å². The number of ether oxygens (including phenoxy) is 1. The molecule has 0 spiro atoms. The number of nitrogens with one attached hydrogen (secondary N) is 1. The van der Waals surface area contributed by atoms with Crippen LogP contribution in [-0.2, 0) is 17.6 Å². The maximum atomic E-state index is 11.0. The van der Waals surface area contributed by atoms with Gasteiger partial charge >= 0.3 is 29.6 Å². The number of aromatic nitrogens is 1. The molecule has 0 bridgehead atoms. The zero-order valence-corrected chi connectivity index (χ0v) is 19.9. The minimum atomic E-state index is -1.34. The van der Waals surface area contributed by atoms with Crippen molar-refractivity contribution in [1.82, 2.24) is 10.3 Å². The maximum absolute atomic E-state index is 11.0. The first-order valence-corrected chi connectivity index (χ1v) is 9.98. The van der Waals surface area contributed by atoms with Crippen LogP contribution in [0.4, 0.5) is 0 Å². The monoisotopic (exact) mass is 418 g/mol. The number of hydrogen-bond donors (Lipinski definition) is 1. The Morgan fingerprint density at radius 1 is 1.07 bits per heavy atom. The Labute approximate surface area is 199 Å². The van der Waals surface area contributed by atoms with Crippen molar-refractivity contribution in [3.05, 3.63) is 60.0 Å². The third-order valence-electron chi connectivity index (χ3n) is 4.69. The van der Waals surface area contributed by atoms with Crippen LogP contribution in [0.1, 0.15) is 38.1 Å². The third kappa shape index (κ3) is 7.13. The molecule has 7 heteroatoms. The van der Waals surface area contributed by atoms with E-state index < -0.39 is 11.6 Å². The van der Waals surface area contributed by atoms with Crippen molar-refractivity contribution < 1.29 is 48.6 Å². The van der Waals surface area contributed by atoms with Crippen molar-refractivity contribution in [3.63, 3.8) is 0 Å². The van der Waals surface area contributed by atoms with Crippen LogP contribution in [0.5, 0.6) is 5.75 Å². The van der Waals surface area contributed by atoms with Crippen molar-refractivity contribution in [1.29, 1.82) is 0 Å². The first kappa shape index (κ1) is 24.4. The van der Waals surface area contributed by atoms with Gasteiger partial charge in [-0.1, -0.05) is 24.3 Å². The summed E-state index contributed by atoms with van der Waals surface area (Å²) in [5, 5.41) is 14.5. The Morgan fingerprint density at radius 3 is 2.40 bits per heavy atom. The standard InChI is InChI=1S/C23H28N2O4.Na/c1-23(2,22(26)27)29-18-13-11-17(12-14-18)7-5-15-24-16-6-10-21-25-19-8-3-4-9-20(19)28-21;/h3-4,8-9,11-14,24H,5-7,10,15-16H2,1-2H3,(H,26,27);/q;+1/p-1. The Morgan fingerprint density at radius 2 is 1.73 bits per heavy atom. The summed E-state index contributed by atoms with van der Waals surface area (Å²) in [6.07, 6.45) is 3.77. The molecule has 0 saturated heterocycles. The smallest absolute Gasteiger partial charge is 0.546 e. The van der Waals surface area contributed by atoms with E-state index in [4.69, 9.17) is 9.15 Å². The molecule has 0 amide bonds. The van der Waals surface area contributed by atoms with Gasteiger partial charge in [0.1, 0.15) is 16.9 Å². The summed E-state index contributed by atoms with van der Waals surface area (Å²) in [5.41, 5.74) is 1.60. The van der Waals surface area contributed by atoms with Crippen LogP contribution in [-0.4, -0.2) is 29.6 Å². The topological polar surface area (TPSA) is 87.4 Å². The molecular formula is C23H27N2NaO4. The first-order chi connectivity index (χ1) is 13.9. The molecule has 1 heterocycles. The molecule has 0 aliphatic rings. The van der Waals surface area contributed by atoms with E-state index in [0.717, 1.165) is 55.8 Å². The number of rotatable bonds is 11. The third-order valence-corrected chi connectivity index (χ3v) is 4.69. The Hall–Kier alpha value is -1.86. The molecule has 30 heavy (non-hydrogen) atoms. The summed E-state index contributed by atoms with van der Waals surface area (Å²) in [5.74, 6) is 0.0844. The number of benzene rings is 2. The van der Waals surface area contributed by atoms with E-state index in [9.17, 15) is 9.90 Å². The van der Waals surface area contributed by atoms with Crippen LogP contribution in [0.15, 0.2) is 52.9 Å². The maximum Gasteiger partial charge on any atom is 1.00 e. The SMILES string of the molecule is CC(C)(Oc1ccc(CCCNCCCc2nc3ccccc3o2)cc1)C(=O)[O-].[Na+]. The van der Waals surface area contributed by atoms with Crippen molar-refractivity contribution >= 4 is 17.1 Å². The van der Waals surface area contributed by atoms with E-state index in [1.165, 1.54) is 19.4 Å². The van der Waals surface area contributed by atoms with Gasteiger partial charge in [-0.05, 0) is 76.0 Å². The quantitative estimate of drug-likeness (QED) is 0.346. The van der Waals surface area contributed by atoms with E-state index >= 15 is 0 Å². The Bertz CT molecular complexity index is 905. The zero-order valence-electron chi connectivity index (χ0n) is 17.9. The fourth-order valence-corrected chi connectivity index (χ4v) is 2.99. The number of carboxylic acids is 1. The van der Waals surface area contributed by atoms with Gasteiger partial charge in [0.2, 0.25) is 0 Å². The van der Waals surface area contributed by atoms with Crippen molar-refractivity contribution in [2.45, 2.75) is 45.1 Å². The van der Waals surface area contributed by atoms with E-state index in [0.29, 0.717) is 5.75 Å². The average molecular weight is 418 g/mol. The molecule has 154 valence electrons. The van der Waals surface area contributed by atoms with Crippen molar-refractivity contribution in [2.75, 3.05) is 13.1 Å². The van der Waals surface area contributed by atoms with Gasteiger partial charge in [0.25, 0.3) is 0 Å². The average Bonchev–Trinajstić information content (AvgIpc) is 3.11. The second-order valence-electron chi connectivity index (χ2n) is 7.58. The summed E-state index contributed by atoms with van der Waals surface area (Å²) in [6.45, 7) is 4.81. The van der Waals surface area contributed by atoms with Crippen LogP contribution in [0.3, 0.4) is 0 Å². The minimum absolute atomic E-state index is 0. The minimum Gasteiger partial charge on any atom is -0.546 e. The normalized spacial score (nSPS) is 11.3. The number of hydrogen-bond acceptors (Lipinski definition) is 6. The Balaban J connectivity index is 0.00000320. The number of aryl methyl sites for hydroxylation is 2. The predicted octanol–water partition coefficient (Wildman–Crippen LogP) is -0.106. The van der Waals surface area contributed by atoms with E-state index in [1.807, 2.05) is 36.4 Å². The van der Waals surface area contributed by atoms with Crippen LogP contribution in [0.2, 0.25) is 0 Å². The molecule has 1 aromatic heterocycles. The molecule has 0 aliphatic heterocycles. The number of para-hydroxylation sites is 2. The number of fused-ring (bicyclic) bond motifs is 1. The van der Waals surface area contributed by atoms with Gasteiger partial charge in [-0.25, -0.2) is 4.98 Å². The zero-order chi connectivity index (χ0) is 20.7. The van der Waals surface area contributed by atoms with Gasteiger partial charge < -0.3 is 24.4 Å². The number of oxazole rings is 1. The predicted molar refractivity (Wildman–Crippen MR) is 110 cm³/mol. The van der Waals surface area contributed by atoms with E-state index in [1.54, 1.807) is 12.1 Å². The summed E-state index contributed by atoms with van der Waals surface area (Å²) in [4.78, 5) is 15.5. The molecule has 2 aromatic carbocycles. The molecule has 0 fully saturated rings. The molecule has 3 aromatic rings. The molecule has 0 aliphatic carbocycles. The molecule has 6 nitrogen and oxygen atoms in total. The molecule has 3 rings (SSSR count). The second-order valence-corrected chi connectivity index (χ2v) is 7.58. The van der Waals surface area contributed by atoms with Gasteiger partial charge in [0, 0.05) is 6.42 Å². The first-order valence-electron chi connectivity index (χ1n) is 9.98. The molecule has 0 atom stereocenters. The molecular weight excluding hydrogens is 391 g/mol. The number of aliphatic carboxylic acids is 1. The summed E-state index contributed by atoms with van der Waals surface area (Å²) < 4.78 is 11.2. The van der Waals surface area contributed by atoms with Gasteiger partial charge in [0.05, 0.1) is 5.97 Å². The van der Waals surface area contributed by atoms with Crippen molar-refractivity contribution in [2.24, 2.45) is 0 Å². The van der Waals surface area contributed by atoms with Crippen LogP contribution >= 0.6 is 0 Å². The van der Waals surface area contributed by atoms with Crippen LogP contribution < -0.4 is 44.7 Å². The fraction of sp³-hybridized carbons (Fsp3) is 0.391. The molecule has 1 N–H and O–H groups in total. The van der Waals surface area contributed by atoms with Gasteiger partial charge in [-0.15, -0.1) is 0 Å². The summed E-state index contributed by atoms with van der Waals surface area (Å²) in [6, 6.07) is 15.3. The van der Waals surface area contributed by atoms with Crippen molar-refractivity contribution in [3.8, 4) is 5.75 Å². The number of carbonyl (C=O) groups excluding carboxylic acids is 1. The molecule has 0 radical (unpaired) electrons. The number of nitrogens with zero attached hydrogens (tertiary/aromatic N) is 1. The largest absolute Gasteiger partial charge is 1.00 e. The Kier molecular flexibility index (Phi) is 9.37. The number of carboxylic acid groups (broad SMARTS) is 1. The summed E-state index contributed by atoms with van der Waals surface area (Å²) >= 11 is 0. The fourth-order valence-electron chi connectivity index (χ4n) is 2.99. The van der Waals surface area contributed by atoms with Gasteiger partial charge in [-0.2, -0.15) is 0 Å². The van der Waals surface area contributed by atoms with Gasteiger partial charge in [-0.3, -0.25) is 0 Å². The molecule has 0 saturated carbocycles. The van der Waals surface area contributed by atoms with E-state index in [2.05, 4.69) is 10.3 Å². The van der Waals surface area contributed by atoms with Crippen LogP contribution in [0.25, 0.3) is 11.1 Å². The summed E-state index contributed by atoms with van der Waals surface area (Å²) in [7, 11) is 0. The number of carbonyl (C=O) groups is 1.